The summed E-state index contributed by atoms with van der Waals surface area (Å²) in [4.78, 5) is 5.07. The van der Waals surface area contributed by atoms with Crippen LogP contribution in [-0.2, 0) is 17.8 Å². The molecule has 2 atom stereocenters. The molecule has 2 aromatic rings. The summed E-state index contributed by atoms with van der Waals surface area (Å²) in [5, 5.41) is 12.8. The Morgan fingerprint density at radius 3 is 2.72 bits per heavy atom. The van der Waals surface area contributed by atoms with Crippen molar-refractivity contribution >= 4 is 0 Å². The number of tetrazole rings is 1. The molecule has 0 bridgehead atoms. The first-order chi connectivity index (χ1) is 15.7. The molecule has 1 aromatic heterocycles. The van der Waals surface area contributed by atoms with Gasteiger partial charge in [-0.2, -0.15) is 0 Å². The number of hydrogen-bond acceptors (Lipinski definition) is 8. The van der Waals surface area contributed by atoms with Gasteiger partial charge in [0.15, 0.2) is 17.3 Å². The second-order valence-corrected chi connectivity index (χ2v) is 9.50. The molecule has 0 radical (unpaired) electrons. The van der Waals surface area contributed by atoms with Gasteiger partial charge in [-0.3, -0.25) is 9.80 Å². The van der Waals surface area contributed by atoms with E-state index in [4.69, 9.17) is 14.2 Å². The molecule has 174 valence electrons. The van der Waals surface area contributed by atoms with Crippen molar-refractivity contribution in [2.75, 3.05) is 39.6 Å². The Morgan fingerprint density at radius 2 is 1.94 bits per heavy atom. The van der Waals surface area contributed by atoms with Crippen molar-refractivity contribution in [1.29, 1.82) is 0 Å². The minimum Gasteiger partial charge on any atom is -0.454 e. The largest absolute Gasteiger partial charge is 0.454 e. The van der Waals surface area contributed by atoms with E-state index in [9.17, 15) is 0 Å². The predicted octanol–water partition coefficient (Wildman–Crippen LogP) is 2.49. The zero-order valence-electron chi connectivity index (χ0n) is 19.2. The molecule has 0 spiro atoms. The third-order valence-corrected chi connectivity index (χ3v) is 6.64. The zero-order valence-corrected chi connectivity index (χ0v) is 19.2. The van der Waals surface area contributed by atoms with Gasteiger partial charge >= 0.3 is 0 Å². The highest BCUT2D eigenvalue weighted by Crippen LogP contribution is 2.33. The van der Waals surface area contributed by atoms with Crippen LogP contribution in [0.4, 0.5) is 0 Å². The van der Waals surface area contributed by atoms with E-state index in [-0.39, 0.29) is 12.1 Å². The van der Waals surface area contributed by atoms with E-state index in [0.29, 0.717) is 12.7 Å². The quantitative estimate of drug-likeness (QED) is 0.617. The molecule has 3 aliphatic rings. The lowest BCUT2D eigenvalue weighted by Gasteiger charge is -2.39. The molecule has 1 aromatic carbocycles. The molecule has 9 heteroatoms. The predicted molar refractivity (Wildman–Crippen MR) is 118 cm³/mol. The first-order valence-corrected chi connectivity index (χ1v) is 11.9. The molecule has 32 heavy (non-hydrogen) atoms. The van der Waals surface area contributed by atoms with Crippen molar-refractivity contribution in [3.63, 3.8) is 0 Å². The summed E-state index contributed by atoms with van der Waals surface area (Å²) in [5.41, 5.74) is 1.27. The van der Waals surface area contributed by atoms with Gasteiger partial charge in [0.05, 0.1) is 18.7 Å². The van der Waals surface area contributed by atoms with Crippen molar-refractivity contribution < 1.29 is 14.2 Å². The Bertz CT molecular complexity index is 890. The number of nitrogens with zero attached hydrogens (tertiary/aromatic N) is 6. The Balaban J connectivity index is 1.22. The van der Waals surface area contributed by atoms with Crippen LogP contribution in [0.2, 0.25) is 0 Å². The Kier molecular flexibility index (Phi) is 6.56. The smallest absolute Gasteiger partial charge is 0.231 e. The van der Waals surface area contributed by atoms with Crippen LogP contribution in [0, 0.1) is 5.92 Å². The van der Waals surface area contributed by atoms with Gasteiger partial charge in [0.1, 0.15) is 0 Å². The van der Waals surface area contributed by atoms with Crippen LogP contribution in [0.1, 0.15) is 50.5 Å². The van der Waals surface area contributed by atoms with E-state index in [0.717, 1.165) is 82.5 Å². The molecule has 9 nitrogen and oxygen atoms in total. The second kappa shape index (κ2) is 9.72. The lowest BCUT2D eigenvalue weighted by atomic mass is 10.0. The molecule has 2 saturated heterocycles. The van der Waals surface area contributed by atoms with Gasteiger partial charge in [0.2, 0.25) is 6.79 Å². The molecule has 0 amide bonds. The fraction of sp³-hybridized carbons (Fsp3) is 0.696. The Morgan fingerprint density at radius 1 is 1.09 bits per heavy atom. The SMILES string of the molecule is CC(C)CC(c1nnnn1CC1CCCO1)N1CCN(Cc2ccc3c(c2)OCO3)CC1. The van der Waals surface area contributed by atoms with Crippen molar-refractivity contribution in [2.24, 2.45) is 5.92 Å². The molecule has 3 aliphatic heterocycles. The topological polar surface area (TPSA) is 77.8 Å². The molecule has 2 unspecified atom stereocenters. The van der Waals surface area contributed by atoms with E-state index in [1.54, 1.807) is 0 Å². The van der Waals surface area contributed by atoms with Crippen LogP contribution in [0.25, 0.3) is 0 Å². The van der Waals surface area contributed by atoms with Crippen molar-refractivity contribution in [3.05, 3.63) is 29.6 Å². The van der Waals surface area contributed by atoms with Gasteiger partial charge in [-0.1, -0.05) is 19.9 Å². The highest BCUT2D eigenvalue weighted by atomic mass is 16.7. The number of hydrogen-bond donors (Lipinski definition) is 0. The molecule has 0 saturated carbocycles. The van der Waals surface area contributed by atoms with Crippen LogP contribution in [0.5, 0.6) is 11.5 Å². The molecule has 0 N–H and O–H groups in total. The minimum atomic E-state index is 0.232. The molecular formula is C23H34N6O3. The third kappa shape index (κ3) is 4.89. The van der Waals surface area contributed by atoms with Crippen LogP contribution >= 0.6 is 0 Å². The van der Waals surface area contributed by atoms with Crippen molar-refractivity contribution in [3.8, 4) is 11.5 Å². The van der Waals surface area contributed by atoms with Gasteiger partial charge < -0.3 is 14.2 Å². The first kappa shape index (κ1) is 21.6. The van der Waals surface area contributed by atoms with Gasteiger partial charge in [-0.05, 0) is 53.3 Å². The zero-order chi connectivity index (χ0) is 21.9. The van der Waals surface area contributed by atoms with Crippen molar-refractivity contribution in [2.45, 2.75) is 58.3 Å². The molecular weight excluding hydrogens is 408 g/mol. The average Bonchev–Trinajstić information content (AvgIpc) is 3.55. The monoisotopic (exact) mass is 442 g/mol. The number of aromatic nitrogens is 4. The molecule has 2 fully saturated rings. The summed E-state index contributed by atoms with van der Waals surface area (Å²) >= 11 is 0. The summed E-state index contributed by atoms with van der Waals surface area (Å²) < 4.78 is 18.8. The second-order valence-electron chi connectivity index (χ2n) is 9.50. The van der Waals surface area contributed by atoms with Crippen molar-refractivity contribution in [1.82, 2.24) is 30.0 Å². The fourth-order valence-corrected chi connectivity index (χ4v) is 4.96. The van der Waals surface area contributed by atoms with E-state index in [1.165, 1.54) is 5.56 Å². The van der Waals surface area contributed by atoms with Crippen LogP contribution in [-0.4, -0.2) is 75.7 Å². The number of ether oxygens (including phenoxy) is 3. The minimum absolute atomic E-state index is 0.232. The molecule has 5 rings (SSSR count). The normalized spacial score (nSPS) is 22.7. The first-order valence-electron chi connectivity index (χ1n) is 11.9. The lowest BCUT2D eigenvalue weighted by Crippen LogP contribution is -2.48. The fourth-order valence-electron chi connectivity index (χ4n) is 4.96. The summed E-state index contributed by atoms with van der Waals surface area (Å²) in [7, 11) is 0. The summed E-state index contributed by atoms with van der Waals surface area (Å²) in [6.07, 6.45) is 3.50. The maximum absolute atomic E-state index is 5.83. The maximum Gasteiger partial charge on any atom is 0.231 e. The summed E-state index contributed by atoms with van der Waals surface area (Å²) in [6.45, 7) is 11.5. The number of rotatable bonds is 8. The number of piperazine rings is 1. The summed E-state index contributed by atoms with van der Waals surface area (Å²) in [6, 6.07) is 6.50. The maximum atomic E-state index is 5.83. The number of benzene rings is 1. The van der Waals surface area contributed by atoms with Gasteiger partial charge in [0.25, 0.3) is 0 Å². The van der Waals surface area contributed by atoms with E-state index in [2.05, 4.69) is 51.3 Å². The number of fused-ring (bicyclic) bond motifs is 1. The Labute approximate surface area is 189 Å². The van der Waals surface area contributed by atoms with Crippen LogP contribution < -0.4 is 9.47 Å². The lowest BCUT2D eigenvalue weighted by molar-refractivity contribution is 0.0697. The van der Waals surface area contributed by atoms with E-state index in [1.807, 2.05) is 10.7 Å². The van der Waals surface area contributed by atoms with E-state index >= 15 is 0 Å². The van der Waals surface area contributed by atoms with Gasteiger partial charge in [-0.15, -0.1) is 5.10 Å². The highest BCUT2D eigenvalue weighted by molar-refractivity contribution is 5.44. The standard InChI is InChI=1S/C23H34N6O3/c1-17(2)12-20(23-24-25-26-29(23)15-19-4-3-11-30-19)28-9-7-27(8-10-28)14-18-5-6-21-22(13-18)32-16-31-21/h5-6,13,17,19-20H,3-4,7-12,14-16H2,1-2H3. The summed E-state index contributed by atoms with van der Waals surface area (Å²) in [5.74, 6) is 3.25. The van der Waals surface area contributed by atoms with Gasteiger partial charge in [0, 0.05) is 39.3 Å². The molecule has 4 heterocycles. The van der Waals surface area contributed by atoms with Crippen LogP contribution in [0.3, 0.4) is 0 Å². The Hall–Kier alpha value is -2.23. The average molecular weight is 443 g/mol. The van der Waals surface area contributed by atoms with E-state index < -0.39 is 0 Å². The molecule has 0 aliphatic carbocycles. The third-order valence-electron chi connectivity index (χ3n) is 6.64. The van der Waals surface area contributed by atoms with Crippen LogP contribution in [0.15, 0.2) is 18.2 Å². The van der Waals surface area contributed by atoms with Gasteiger partial charge in [-0.25, -0.2) is 4.68 Å². The highest BCUT2D eigenvalue weighted by Gasteiger charge is 2.31.